The molecule has 0 fully saturated rings. The van der Waals surface area contributed by atoms with Gasteiger partial charge in [-0.2, -0.15) is 0 Å². The van der Waals surface area contributed by atoms with Gasteiger partial charge in [-0.1, -0.05) is 35.3 Å². The van der Waals surface area contributed by atoms with E-state index in [1.807, 2.05) is 0 Å². The number of carbonyl (C=O) groups is 1. The van der Waals surface area contributed by atoms with Crippen LogP contribution < -0.4 is 0 Å². The fourth-order valence-corrected chi connectivity index (χ4v) is 1.71. The van der Waals surface area contributed by atoms with E-state index in [-0.39, 0.29) is 5.78 Å². The van der Waals surface area contributed by atoms with Crippen molar-refractivity contribution < 1.29 is 4.79 Å². The Balaban J connectivity index is 2.35. The molecule has 0 aromatic heterocycles. The standard InChI is InChI=1S/C13H8Cl2O/c14-11-6-4-9(5-7-11)13(16)10-2-1-3-12(15)8-10/h1-8H. The molecule has 0 bridgehead atoms. The zero-order valence-corrected chi connectivity index (χ0v) is 9.79. The molecule has 2 aromatic carbocycles. The summed E-state index contributed by atoms with van der Waals surface area (Å²) in [4.78, 5) is 12.0. The van der Waals surface area contributed by atoms with Crippen molar-refractivity contribution in [2.75, 3.05) is 0 Å². The van der Waals surface area contributed by atoms with Gasteiger partial charge in [0, 0.05) is 21.2 Å². The summed E-state index contributed by atoms with van der Waals surface area (Å²) in [7, 11) is 0. The fraction of sp³-hybridized carbons (Fsp3) is 0. The quantitative estimate of drug-likeness (QED) is 0.730. The van der Waals surface area contributed by atoms with Crippen molar-refractivity contribution in [1.82, 2.24) is 0 Å². The van der Waals surface area contributed by atoms with E-state index in [2.05, 4.69) is 0 Å². The van der Waals surface area contributed by atoms with Crippen LogP contribution in [0.3, 0.4) is 0 Å². The summed E-state index contributed by atoms with van der Waals surface area (Å²) in [5.74, 6) is -0.0563. The van der Waals surface area contributed by atoms with Crippen LogP contribution in [0.1, 0.15) is 15.9 Å². The minimum Gasteiger partial charge on any atom is -0.289 e. The number of carbonyl (C=O) groups excluding carboxylic acids is 1. The molecule has 0 amide bonds. The summed E-state index contributed by atoms with van der Waals surface area (Å²) >= 11 is 11.6. The third kappa shape index (κ3) is 2.43. The predicted molar refractivity (Wildman–Crippen MR) is 66.3 cm³/mol. The molecule has 3 heteroatoms. The highest BCUT2D eigenvalue weighted by Crippen LogP contribution is 2.16. The van der Waals surface area contributed by atoms with Crippen LogP contribution >= 0.6 is 23.2 Å². The van der Waals surface area contributed by atoms with Gasteiger partial charge >= 0.3 is 0 Å². The molecule has 0 saturated heterocycles. The first-order chi connectivity index (χ1) is 7.66. The lowest BCUT2D eigenvalue weighted by Gasteiger charge is -2.01. The molecule has 0 aliphatic rings. The maximum atomic E-state index is 12.0. The number of benzene rings is 2. The molecule has 2 aromatic rings. The molecule has 16 heavy (non-hydrogen) atoms. The molecule has 0 heterocycles. The molecule has 0 aliphatic heterocycles. The molecule has 80 valence electrons. The number of rotatable bonds is 2. The van der Waals surface area contributed by atoms with Crippen molar-refractivity contribution in [1.29, 1.82) is 0 Å². The van der Waals surface area contributed by atoms with Gasteiger partial charge in [0.25, 0.3) is 0 Å². The Hall–Kier alpha value is -1.31. The third-order valence-electron chi connectivity index (χ3n) is 2.19. The van der Waals surface area contributed by atoms with Gasteiger partial charge in [-0.3, -0.25) is 4.79 Å². The average molecular weight is 251 g/mol. The minimum absolute atomic E-state index is 0.0563. The summed E-state index contributed by atoms with van der Waals surface area (Å²) in [5.41, 5.74) is 1.18. The lowest BCUT2D eigenvalue weighted by Crippen LogP contribution is -2.00. The van der Waals surface area contributed by atoms with Gasteiger partial charge < -0.3 is 0 Å². The Bertz CT molecular complexity index is 518. The highest BCUT2D eigenvalue weighted by atomic mass is 35.5. The van der Waals surface area contributed by atoms with Gasteiger partial charge in [0.15, 0.2) is 5.78 Å². The molecular weight excluding hydrogens is 243 g/mol. The van der Waals surface area contributed by atoms with Crippen molar-refractivity contribution in [3.8, 4) is 0 Å². The van der Waals surface area contributed by atoms with E-state index in [0.717, 1.165) is 0 Å². The Morgan fingerprint density at radius 2 is 1.50 bits per heavy atom. The first-order valence-corrected chi connectivity index (χ1v) is 5.48. The minimum atomic E-state index is -0.0563. The number of ketones is 1. The zero-order valence-electron chi connectivity index (χ0n) is 8.28. The second-order valence-corrected chi connectivity index (χ2v) is 4.22. The predicted octanol–water partition coefficient (Wildman–Crippen LogP) is 4.22. The lowest BCUT2D eigenvalue weighted by atomic mass is 10.0. The molecular formula is C13H8Cl2O. The molecule has 0 unspecified atom stereocenters. The zero-order chi connectivity index (χ0) is 11.5. The largest absolute Gasteiger partial charge is 0.289 e. The first kappa shape index (κ1) is 11.2. The summed E-state index contributed by atoms with van der Waals surface area (Å²) in [6.07, 6.45) is 0. The Morgan fingerprint density at radius 3 is 2.12 bits per heavy atom. The molecule has 1 nitrogen and oxygen atoms in total. The molecule has 2 rings (SSSR count). The van der Waals surface area contributed by atoms with Gasteiger partial charge in [0.2, 0.25) is 0 Å². The van der Waals surface area contributed by atoms with E-state index in [4.69, 9.17) is 23.2 Å². The van der Waals surface area contributed by atoms with Crippen molar-refractivity contribution in [2.24, 2.45) is 0 Å². The van der Waals surface area contributed by atoms with E-state index in [1.165, 1.54) is 0 Å². The maximum Gasteiger partial charge on any atom is 0.193 e. The Labute approximate surface area is 104 Å². The van der Waals surface area contributed by atoms with E-state index < -0.39 is 0 Å². The van der Waals surface area contributed by atoms with E-state index >= 15 is 0 Å². The number of hydrogen-bond acceptors (Lipinski definition) is 1. The summed E-state index contributed by atoms with van der Waals surface area (Å²) in [6, 6.07) is 13.7. The molecule has 0 atom stereocenters. The van der Waals surface area contributed by atoms with Gasteiger partial charge in [-0.15, -0.1) is 0 Å². The van der Waals surface area contributed by atoms with Crippen LogP contribution in [0, 0.1) is 0 Å². The molecule has 0 N–H and O–H groups in total. The topological polar surface area (TPSA) is 17.1 Å². The van der Waals surface area contributed by atoms with E-state index in [1.54, 1.807) is 48.5 Å². The Kier molecular flexibility index (Phi) is 3.28. The van der Waals surface area contributed by atoms with Crippen LogP contribution in [-0.2, 0) is 0 Å². The van der Waals surface area contributed by atoms with Crippen molar-refractivity contribution in [3.05, 3.63) is 69.7 Å². The van der Waals surface area contributed by atoms with Gasteiger partial charge in [0.05, 0.1) is 0 Å². The van der Waals surface area contributed by atoms with Crippen LogP contribution in [0.2, 0.25) is 10.0 Å². The summed E-state index contributed by atoms with van der Waals surface area (Å²) < 4.78 is 0. The van der Waals surface area contributed by atoms with Crippen molar-refractivity contribution >= 4 is 29.0 Å². The van der Waals surface area contributed by atoms with Gasteiger partial charge in [-0.25, -0.2) is 0 Å². The number of hydrogen-bond donors (Lipinski definition) is 0. The summed E-state index contributed by atoms with van der Waals surface area (Å²) in [6.45, 7) is 0. The molecule has 0 spiro atoms. The lowest BCUT2D eigenvalue weighted by molar-refractivity contribution is 0.103. The fourth-order valence-electron chi connectivity index (χ4n) is 1.40. The second kappa shape index (κ2) is 4.69. The smallest absolute Gasteiger partial charge is 0.193 e. The molecule has 0 radical (unpaired) electrons. The maximum absolute atomic E-state index is 12.0. The van der Waals surface area contributed by atoms with Gasteiger partial charge in [0.1, 0.15) is 0 Å². The SMILES string of the molecule is O=C(c1ccc(Cl)cc1)c1cccc(Cl)c1. The monoisotopic (exact) mass is 250 g/mol. The van der Waals surface area contributed by atoms with Crippen LogP contribution in [0.4, 0.5) is 0 Å². The van der Waals surface area contributed by atoms with E-state index in [9.17, 15) is 4.79 Å². The van der Waals surface area contributed by atoms with Crippen LogP contribution in [0.15, 0.2) is 48.5 Å². The van der Waals surface area contributed by atoms with Crippen LogP contribution in [0.5, 0.6) is 0 Å². The average Bonchev–Trinajstić information content (AvgIpc) is 2.29. The van der Waals surface area contributed by atoms with E-state index in [0.29, 0.717) is 21.2 Å². The Morgan fingerprint density at radius 1 is 0.812 bits per heavy atom. The first-order valence-electron chi connectivity index (χ1n) is 4.72. The highest BCUT2D eigenvalue weighted by molar-refractivity contribution is 6.31. The van der Waals surface area contributed by atoms with Crippen LogP contribution in [-0.4, -0.2) is 5.78 Å². The normalized spacial score (nSPS) is 10.1. The molecule has 0 saturated carbocycles. The van der Waals surface area contributed by atoms with Crippen molar-refractivity contribution in [2.45, 2.75) is 0 Å². The molecule has 0 aliphatic carbocycles. The van der Waals surface area contributed by atoms with Crippen LogP contribution in [0.25, 0.3) is 0 Å². The highest BCUT2D eigenvalue weighted by Gasteiger charge is 2.08. The van der Waals surface area contributed by atoms with Crippen molar-refractivity contribution in [3.63, 3.8) is 0 Å². The van der Waals surface area contributed by atoms with Gasteiger partial charge in [-0.05, 0) is 36.4 Å². The summed E-state index contributed by atoms with van der Waals surface area (Å²) in [5, 5.41) is 1.17. The number of halogens is 2. The third-order valence-corrected chi connectivity index (χ3v) is 2.68. The second-order valence-electron chi connectivity index (χ2n) is 3.35.